The molecular weight excluding hydrogens is 244 g/mol. The number of hydrogen-bond donors (Lipinski definition) is 2. The third kappa shape index (κ3) is 3.13. The molecule has 2 N–H and O–H groups in total. The number of carbonyl (C=O) groups is 2. The Kier molecular flexibility index (Phi) is 3.87. The molecule has 0 bridgehead atoms. The van der Waals surface area contributed by atoms with Gasteiger partial charge in [-0.15, -0.1) is 0 Å². The van der Waals surface area contributed by atoms with Crippen molar-refractivity contribution in [3.05, 3.63) is 12.4 Å². The van der Waals surface area contributed by atoms with Gasteiger partial charge in [0.2, 0.25) is 11.8 Å². The summed E-state index contributed by atoms with van der Waals surface area (Å²) in [5, 5.41) is 9.70. The summed E-state index contributed by atoms with van der Waals surface area (Å²) in [6.45, 7) is 1.45. The molecule has 0 unspecified atom stereocenters. The molecule has 1 fully saturated rings. The summed E-state index contributed by atoms with van der Waals surface area (Å²) in [5.41, 5.74) is -0.109. The molecule has 6 nitrogen and oxygen atoms in total. The molecule has 19 heavy (non-hydrogen) atoms. The van der Waals surface area contributed by atoms with Crippen molar-refractivity contribution in [3.63, 3.8) is 0 Å². The molecule has 104 valence electrons. The fourth-order valence-electron chi connectivity index (χ4n) is 2.64. The Labute approximate surface area is 112 Å². The second-order valence-electron chi connectivity index (χ2n) is 5.18. The third-order valence-electron chi connectivity index (χ3n) is 3.52. The van der Waals surface area contributed by atoms with Crippen LogP contribution in [0.15, 0.2) is 12.4 Å². The van der Waals surface area contributed by atoms with Crippen LogP contribution in [0.5, 0.6) is 0 Å². The molecule has 0 aromatic carbocycles. The summed E-state index contributed by atoms with van der Waals surface area (Å²) in [7, 11) is 1.79. The van der Waals surface area contributed by atoms with E-state index in [1.54, 1.807) is 24.1 Å². The zero-order chi connectivity index (χ0) is 13.9. The fraction of sp³-hybridized carbons (Fsp3) is 0.615. The monoisotopic (exact) mass is 264 g/mol. The molecule has 1 aliphatic carbocycles. The van der Waals surface area contributed by atoms with Crippen molar-refractivity contribution in [3.8, 4) is 0 Å². The molecule has 0 saturated heterocycles. The van der Waals surface area contributed by atoms with Crippen molar-refractivity contribution in [1.82, 2.24) is 15.1 Å². The van der Waals surface area contributed by atoms with E-state index in [4.69, 9.17) is 0 Å². The van der Waals surface area contributed by atoms with Crippen LogP contribution in [0.1, 0.15) is 39.0 Å². The molecule has 0 atom stereocenters. The van der Waals surface area contributed by atoms with E-state index in [-0.39, 0.29) is 11.8 Å². The number of nitrogens with zero attached hydrogens (tertiary/aromatic N) is 2. The first-order valence-electron chi connectivity index (χ1n) is 6.61. The first kappa shape index (κ1) is 13.6. The number of hydrogen-bond acceptors (Lipinski definition) is 3. The molecular formula is C13H20N4O2. The highest BCUT2D eigenvalue weighted by Gasteiger charge is 2.40. The summed E-state index contributed by atoms with van der Waals surface area (Å²) in [4.78, 5) is 23.8. The first-order chi connectivity index (χ1) is 9.02. The highest BCUT2D eigenvalue weighted by molar-refractivity contribution is 6.00. The van der Waals surface area contributed by atoms with E-state index < -0.39 is 5.54 Å². The lowest BCUT2D eigenvalue weighted by Gasteiger charge is -2.36. The standard InChI is InChI=1S/C13H20N4O2/c1-10(18)16-13(6-4-3-5-7-13)12(19)15-11-8-14-17(2)9-11/h8-9H,3-7H2,1-2H3,(H,15,19)(H,16,18). The lowest BCUT2D eigenvalue weighted by Crippen LogP contribution is -2.57. The normalized spacial score (nSPS) is 17.8. The summed E-state index contributed by atoms with van der Waals surface area (Å²) in [6, 6.07) is 0. The van der Waals surface area contributed by atoms with E-state index in [1.165, 1.54) is 6.92 Å². The van der Waals surface area contributed by atoms with Gasteiger partial charge >= 0.3 is 0 Å². The highest BCUT2D eigenvalue weighted by Crippen LogP contribution is 2.29. The molecule has 0 spiro atoms. The maximum Gasteiger partial charge on any atom is 0.250 e. The van der Waals surface area contributed by atoms with Crippen LogP contribution < -0.4 is 10.6 Å². The van der Waals surface area contributed by atoms with E-state index in [9.17, 15) is 9.59 Å². The van der Waals surface area contributed by atoms with E-state index >= 15 is 0 Å². The molecule has 1 heterocycles. The molecule has 1 aliphatic rings. The number of rotatable bonds is 3. The van der Waals surface area contributed by atoms with Crippen molar-refractivity contribution in [2.45, 2.75) is 44.6 Å². The smallest absolute Gasteiger partial charge is 0.250 e. The van der Waals surface area contributed by atoms with Crippen LogP contribution in [-0.4, -0.2) is 27.1 Å². The SMILES string of the molecule is CC(=O)NC1(C(=O)Nc2cnn(C)c2)CCCCC1. The average Bonchev–Trinajstić information content (AvgIpc) is 2.75. The number of amides is 2. The average molecular weight is 264 g/mol. The number of nitrogens with one attached hydrogen (secondary N) is 2. The minimum atomic E-state index is -0.764. The molecule has 0 radical (unpaired) electrons. The predicted molar refractivity (Wildman–Crippen MR) is 71.5 cm³/mol. The van der Waals surface area contributed by atoms with Crippen molar-refractivity contribution >= 4 is 17.5 Å². The summed E-state index contributed by atoms with van der Waals surface area (Å²) in [5.74, 6) is -0.307. The third-order valence-corrected chi connectivity index (χ3v) is 3.52. The molecule has 2 rings (SSSR count). The van der Waals surface area contributed by atoms with Crippen LogP contribution in [0, 0.1) is 0 Å². The van der Waals surface area contributed by atoms with Gasteiger partial charge in [0.05, 0.1) is 11.9 Å². The van der Waals surface area contributed by atoms with Crippen LogP contribution in [0.25, 0.3) is 0 Å². The predicted octanol–water partition coefficient (Wildman–Crippen LogP) is 1.20. The zero-order valence-electron chi connectivity index (χ0n) is 11.4. The number of anilines is 1. The molecule has 2 amide bonds. The van der Waals surface area contributed by atoms with E-state index in [1.807, 2.05) is 0 Å². The Morgan fingerprint density at radius 1 is 1.32 bits per heavy atom. The zero-order valence-corrected chi connectivity index (χ0v) is 11.4. The van der Waals surface area contributed by atoms with Gasteiger partial charge in [-0.3, -0.25) is 14.3 Å². The summed E-state index contributed by atoms with van der Waals surface area (Å²) >= 11 is 0. The second-order valence-corrected chi connectivity index (χ2v) is 5.18. The Morgan fingerprint density at radius 3 is 2.53 bits per heavy atom. The van der Waals surface area contributed by atoms with Gasteiger partial charge in [0.15, 0.2) is 0 Å². The Hall–Kier alpha value is -1.85. The number of aryl methyl sites for hydroxylation is 1. The Bertz CT molecular complexity index is 475. The maximum atomic E-state index is 12.5. The molecule has 1 saturated carbocycles. The molecule has 0 aliphatic heterocycles. The van der Waals surface area contributed by atoms with Gasteiger partial charge in [-0.25, -0.2) is 0 Å². The van der Waals surface area contributed by atoms with Gasteiger partial charge in [-0.1, -0.05) is 19.3 Å². The lowest BCUT2D eigenvalue weighted by atomic mass is 9.80. The van der Waals surface area contributed by atoms with Crippen LogP contribution in [0.4, 0.5) is 5.69 Å². The van der Waals surface area contributed by atoms with Crippen molar-refractivity contribution < 1.29 is 9.59 Å². The maximum absolute atomic E-state index is 12.5. The highest BCUT2D eigenvalue weighted by atomic mass is 16.2. The fourth-order valence-corrected chi connectivity index (χ4v) is 2.64. The Balaban J connectivity index is 2.13. The number of carbonyl (C=O) groups excluding carboxylic acids is 2. The first-order valence-corrected chi connectivity index (χ1v) is 6.61. The van der Waals surface area contributed by atoms with Gasteiger partial charge < -0.3 is 10.6 Å². The molecule has 1 aromatic heterocycles. The largest absolute Gasteiger partial charge is 0.342 e. The van der Waals surface area contributed by atoms with Crippen molar-refractivity contribution in [1.29, 1.82) is 0 Å². The molecule has 6 heteroatoms. The minimum absolute atomic E-state index is 0.143. The topological polar surface area (TPSA) is 76.0 Å². The van der Waals surface area contributed by atoms with Crippen molar-refractivity contribution in [2.75, 3.05) is 5.32 Å². The van der Waals surface area contributed by atoms with Crippen LogP contribution >= 0.6 is 0 Å². The van der Waals surface area contributed by atoms with Gasteiger partial charge in [0.1, 0.15) is 5.54 Å². The van der Waals surface area contributed by atoms with Crippen LogP contribution in [0.2, 0.25) is 0 Å². The van der Waals surface area contributed by atoms with Crippen LogP contribution in [0.3, 0.4) is 0 Å². The van der Waals surface area contributed by atoms with Crippen LogP contribution in [-0.2, 0) is 16.6 Å². The Morgan fingerprint density at radius 2 is 2.00 bits per heavy atom. The van der Waals surface area contributed by atoms with E-state index in [0.717, 1.165) is 19.3 Å². The number of aromatic nitrogens is 2. The summed E-state index contributed by atoms with van der Waals surface area (Å²) in [6.07, 6.45) is 7.75. The van der Waals surface area contributed by atoms with Gasteiger partial charge in [0, 0.05) is 20.2 Å². The van der Waals surface area contributed by atoms with Gasteiger partial charge in [0.25, 0.3) is 0 Å². The molecule has 1 aromatic rings. The van der Waals surface area contributed by atoms with Gasteiger partial charge in [-0.05, 0) is 12.8 Å². The van der Waals surface area contributed by atoms with E-state index in [2.05, 4.69) is 15.7 Å². The van der Waals surface area contributed by atoms with Crippen molar-refractivity contribution in [2.24, 2.45) is 7.05 Å². The van der Waals surface area contributed by atoms with E-state index in [0.29, 0.717) is 18.5 Å². The lowest BCUT2D eigenvalue weighted by molar-refractivity contribution is -0.130. The minimum Gasteiger partial charge on any atom is -0.342 e. The summed E-state index contributed by atoms with van der Waals surface area (Å²) < 4.78 is 1.63. The van der Waals surface area contributed by atoms with Gasteiger partial charge in [-0.2, -0.15) is 5.10 Å². The quantitative estimate of drug-likeness (QED) is 0.861. The second kappa shape index (κ2) is 5.42.